The Labute approximate surface area is 124 Å². The quantitative estimate of drug-likeness (QED) is 0.927. The van der Waals surface area contributed by atoms with Gasteiger partial charge in [0.15, 0.2) is 6.10 Å². The summed E-state index contributed by atoms with van der Waals surface area (Å²) >= 11 is 5.88. The topological polar surface area (TPSA) is 49.8 Å². The molecule has 0 unspecified atom stereocenters. The minimum Gasteiger partial charge on any atom is -0.381 e. The van der Waals surface area contributed by atoms with Crippen LogP contribution in [0.4, 0.5) is 0 Å². The number of halogens is 1. The van der Waals surface area contributed by atoms with E-state index in [0.29, 0.717) is 23.0 Å². The van der Waals surface area contributed by atoms with Gasteiger partial charge in [-0.1, -0.05) is 23.7 Å². The summed E-state index contributed by atoms with van der Waals surface area (Å²) in [5.74, 6) is 0.156. The zero-order valence-corrected chi connectivity index (χ0v) is 12.3. The second-order valence-electron chi connectivity index (χ2n) is 5.23. The highest BCUT2D eigenvalue weighted by Gasteiger charge is 2.24. The largest absolute Gasteiger partial charge is 0.381 e. The fourth-order valence-electron chi connectivity index (χ4n) is 2.43. The molecule has 4 nitrogen and oxygen atoms in total. The number of benzene rings is 1. The predicted molar refractivity (Wildman–Crippen MR) is 77.6 cm³/mol. The number of carbonyl (C=O) groups excluding carboxylic acids is 1. The monoisotopic (exact) mass is 297 g/mol. The van der Waals surface area contributed by atoms with Gasteiger partial charge in [0.05, 0.1) is 0 Å². The number of rotatable bonds is 4. The lowest BCUT2D eigenvalue weighted by molar-refractivity contribution is -0.140. The number of likely N-dealkylation sites (N-methyl/N-ethyl adjacent to an activating group) is 1. The van der Waals surface area contributed by atoms with Gasteiger partial charge >= 0.3 is 0 Å². The summed E-state index contributed by atoms with van der Waals surface area (Å²) in [5, 5.41) is 10.7. The van der Waals surface area contributed by atoms with Crippen molar-refractivity contribution < 1.29 is 14.6 Å². The van der Waals surface area contributed by atoms with Crippen molar-refractivity contribution in [3.05, 3.63) is 34.9 Å². The maximum Gasteiger partial charge on any atom is 0.255 e. The van der Waals surface area contributed by atoms with Crippen molar-refractivity contribution in [3.63, 3.8) is 0 Å². The van der Waals surface area contributed by atoms with Gasteiger partial charge in [-0.05, 0) is 36.5 Å². The molecule has 1 aromatic carbocycles. The maximum atomic E-state index is 12.2. The molecule has 5 heteroatoms. The first kappa shape index (κ1) is 15.3. The van der Waals surface area contributed by atoms with E-state index < -0.39 is 6.10 Å². The highest BCUT2D eigenvalue weighted by Crippen LogP contribution is 2.21. The highest BCUT2D eigenvalue weighted by molar-refractivity contribution is 6.30. The Balaban J connectivity index is 1.95. The molecule has 1 amide bonds. The number of aliphatic hydroxyl groups is 1. The second-order valence-corrected chi connectivity index (χ2v) is 5.67. The molecule has 20 heavy (non-hydrogen) atoms. The standard InChI is InChI=1S/C15H20ClNO3/c1-17(10-11-5-7-20-8-6-11)15(19)14(18)12-3-2-4-13(16)9-12/h2-4,9,11,14,18H,5-8,10H2,1H3/t14-/m0/s1. The molecule has 0 aliphatic carbocycles. The molecule has 1 fully saturated rings. The molecule has 0 saturated carbocycles. The lowest BCUT2D eigenvalue weighted by atomic mass is 9.99. The number of amides is 1. The molecule has 1 atom stereocenters. The Hall–Kier alpha value is -1.10. The van der Waals surface area contributed by atoms with Crippen molar-refractivity contribution in [1.29, 1.82) is 0 Å². The summed E-state index contributed by atoms with van der Waals surface area (Å²) in [5.41, 5.74) is 0.529. The Morgan fingerprint density at radius 2 is 2.20 bits per heavy atom. The molecule has 0 bridgehead atoms. The SMILES string of the molecule is CN(CC1CCOCC1)C(=O)[C@@H](O)c1cccc(Cl)c1. The third-order valence-electron chi connectivity index (χ3n) is 3.65. The van der Waals surface area contributed by atoms with Gasteiger partial charge in [-0.2, -0.15) is 0 Å². The van der Waals surface area contributed by atoms with Crippen LogP contribution >= 0.6 is 11.6 Å². The first-order valence-electron chi connectivity index (χ1n) is 6.84. The van der Waals surface area contributed by atoms with Gasteiger partial charge in [0.25, 0.3) is 5.91 Å². The van der Waals surface area contributed by atoms with Crippen LogP contribution in [0, 0.1) is 5.92 Å². The van der Waals surface area contributed by atoms with Crippen LogP contribution < -0.4 is 0 Å². The molecule has 2 rings (SSSR count). The smallest absolute Gasteiger partial charge is 0.255 e. The van der Waals surface area contributed by atoms with Crippen LogP contribution in [0.5, 0.6) is 0 Å². The van der Waals surface area contributed by atoms with E-state index in [1.807, 2.05) is 0 Å². The van der Waals surface area contributed by atoms with Crippen molar-refractivity contribution in [1.82, 2.24) is 4.90 Å². The number of hydrogen-bond donors (Lipinski definition) is 1. The molecule has 1 aromatic rings. The number of aliphatic hydroxyl groups excluding tert-OH is 1. The Bertz CT molecular complexity index is 460. The summed E-state index contributed by atoms with van der Waals surface area (Å²) in [6.07, 6.45) is 0.772. The molecule has 0 spiro atoms. The molecule has 1 heterocycles. The van der Waals surface area contributed by atoms with Crippen LogP contribution in [0.3, 0.4) is 0 Å². The van der Waals surface area contributed by atoms with Gasteiger partial charge in [-0.15, -0.1) is 0 Å². The summed E-state index contributed by atoms with van der Waals surface area (Å²) in [4.78, 5) is 13.8. The average Bonchev–Trinajstić information content (AvgIpc) is 2.46. The van der Waals surface area contributed by atoms with Gasteiger partial charge in [-0.25, -0.2) is 0 Å². The summed E-state index contributed by atoms with van der Waals surface area (Å²) in [6.45, 7) is 2.16. The minimum absolute atomic E-state index is 0.293. The molecule has 0 aromatic heterocycles. The maximum absolute atomic E-state index is 12.2. The third kappa shape index (κ3) is 3.95. The van der Waals surface area contributed by atoms with Crippen LogP contribution in [0.15, 0.2) is 24.3 Å². The Morgan fingerprint density at radius 1 is 1.50 bits per heavy atom. The van der Waals surface area contributed by atoms with Crippen LogP contribution in [-0.4, -0.2) is 42.7 Å². The summed E-state index contributed by atoms with van der Waals surface area (Å²) in [7, 11) is 1.73. The molecule has 0 radical (unpaired) electrons. The van der Waals surface area contributed by atoms with Crippen LogP contribution in [0.1, 0.15) is 24.5 Å². The first-order chi connectivity index (χ1) is 9.58. The third-order valence-corrected chi connectivity index (χ3v) is 3.88. The van der Waals surface area contributed by atoms with Gasteiger partial charge in [0.2, 0.25) is 0 Å². The molecule has 1 N–H and O–H groups in total. The van der Waals surface area contributed by atoms with E-state index in [4.69, 9.17) is 16.3 Å². The van der Waals surface area contributed by atoms with E-state index in [1.54, 1.807) is 36.2 Å². The molecular formula is C15H20ClNO3. The number of hydrogen-bond acceptors (Lipinski definition) is 3. The average molecular weight is 298 g/mol. The van der Waals surface area contributed by atoms with E-state index >= 15 is 0 Å². The van der Waals surface area contributed by atoms with E-state index in [9.17, 15) is 9.90 Å². The number of nitrogens with zero attached hydrogens (tertiary/aromatic N) is 1. The van der Waals surface area contributed by atoms with Crippen molar-refractivity contribution >= 4 is 17.5 Å². The molecule has 1 saturated heterocycles. The molecular weight excluding hydrogens is 278 g/mol. The van der Waals surface area contributed by atoms with E-state index in [1.165, 1.54) is 0 Å². The van der Waals surface area contributed by atoms with Crippen LogP contribution in [0.2, 0.25) is 5.02 Å². The van der Waals surface area contributed by atoms with Gasteiger partial charge in [0.1, 0.15) is 0 Å². The molecule has 1 aliphatic heterocycles. The zero-order valence-electron chi connectivity index (χ0n) is 11.6. The summed E-state index contributed by atoms with van der Waals surface area (Å²) in [6, 6.07) is 6.77. The highest BCUT2D eigenvalue weighted by atomic mass is 35.5. The first-order valence-corrected chi connectivity index (χ1v) is 7.22. The van der Waals surface area contributed by atoms with Crippen molar-refractivity contribution in [2.75, 3.05) is 26.8 Å². The predicted octanol–water partition coefficient (Wildman–Crippen LogP) is 2.26. The lowest BCUT2D eigenvalue weighted by Gasteiger charge is -2.28. The molecule has 1 aliphatic rings. The van der Waals surface area contributed by atoms with Gasteiger partial charge < -0.3 is 14.7 Å². The van der Waals surface area contributed by atoms with Gasteiger partial charge in [0, 0.05) is 31.8 Å². The van der Waals surface area contributed by atoms with Gasteiger partial charge in [-0.3, -0.25) is 4.79 Å². The number of carbonyl (C=O) groups is 1. The van der Waals surface area contributed by atoms with Crippen LogP contribution in [-0.2, 0) is 9.53 Å². The molecule has 110 valence electrons. The normalized spacial score (nSPS) is 17.8. The second kappa shape index (κ2) is 7.07. The Morgan fingerprint density at radius 3 is 2.85 bits per heavy atom. The van der Waals surface area contributed by atoms with Crippen molar-refractivity contribution in [2.24, 2.45) is 5.92 Å². The fourth-order valence-corrected chi connectivity index (χ4v) is 2.63. The fraction of sp³-hybridized carbons (Fsp3) is 0.533. The lowest BCUT2D eigenvalue weighted by Crippen LogP contribution is -2.37. The number of ether oxygens (including phenoxy) is 1. The summed E-state index contributed by atoms with van der Waals surface area (Å²) < 4.78 is 5.30. The van der Waals surface area contributed by atoms with E-state index in [0.717, 1.165) is 26.1 Å². The van der Waals surface area contributed by atoms with Crippen LogP contribution in [0.25, 0.3) is 0 Å². The zero-order chi connectivity index (χ0) is 14.5. The Kier molecular flexibility index (Phi) is 5.40. The van der Waals surface area contributed by atoms with Crippen molar-refractivity contribution in [2.45, 2.75) is 18.9 Å². The van der Waals surface area contributed by atoms with E-state index in [2.05, 4.69) is 0 Å². The van der Waals surface area contributed by atoms with E-state index in [-0.39, 0.29) is 5.91 Å². The van der Waals surface area contributed by atoms with Crippen molar-refractivity contribution in [3.8, 4) is 0 Å². The minimum atomic E-state index is -1.15.